The predicted octanol–water partition coefficient (Wildman–Crippen LogP) is 7.99. The molecule has 0 saturated heterocycles. The monoisotopic (exact) mass is 460 g/mol. The fraction of sp³-hybridized carbons (Fsp3) is 0.720. The zero-order valence-electron chi connectivity index (χ0n) is 18.6. The molecule has 32 heavy (non-hydrogen) atoms. The Bertz CT molecular complexity index is 771. The fourth-order valence-electron chi connectivity index (χ4n) is 6.16. The minimum atomic E-state index is -5.69. The second kappa shape index (κ2) is 9.30. The van der Waals surface area contributed by atoms with E-state index in [1.54, 1.807) is 0 Å². The molecule has 0 atom stereocenters. The van der Waals surface area contributed by atoms with Crippen molar-refractivity contribution in [3.8, 4) is 0 Å². The number of rotatable bonds is 7. The van der Waals surface area contributed by atoms with Gasteiger partial charge in [0.15, 0.2) is 0 Å². The molecule has 0 unspecified atom stereocenters. The van der Waals surface area contributed by atoms with Crippen molar-refractivity contribution in [1.29, 1.82) is 0 Å². The Morgan fingerprint density at radius 3 is 2.00 bits per heavy atom. The second-order valence-electron chi connectivity index (χ2n) is 9.84. The van der Waals surface area contributed by atoms with E-state index in [-0.39, 0.29) is 5.41 Å². The summed E-state index contributed by atoms with van der Waals surface area (Å²) >= 11 is 0. The number of unbranched alkanes of at least 4 members (excludes halogenated alkanes) is 1. The van der Waals surface area contributed by atoms with E-state index in [4.69, 9.17) is 0 Å². The zero-order chi connectivity index (χ0) is 23.6. The van der Waals surface area contributed by atoms with Crippen LogP contribution < -0.4 is 0 Å². The molecule has 0 aromatic heterocycles. The molecule has 1 N–H and O–H groups in total. The maximum absolute atomic E-state index is 13.7. The summed E-state index contributed by atoms with van der Waals surface area (Å²) < 4.78 is 65.3. The van der Waals surface area contributed by atoms with Crippen molar-refractivity contribution in [3.05, 3.63) is 35.4 Å². The molecule has 0 heterocycles. The van der Waals surface area contributed by atoms with Gasteiger partial charge in [0, 0.05) is 5.56 Å². The Labute approximate surface area is 186 Å². The molecule has 0 aliphatic heterocycles. The summed E-state index contributed by atoms with van der Waals surface area (Å²) in [6.07, 6.45) is 6.04. The zero-order valence-corrected chi connectivity index (χ0v) is 18.6. The van der Waals surface area contributed by atoms with E-state index < -0.39 is 29.0 Å². The van der Waals surface area contributed by atoms with Gasteiger partial charge in [-0.2, -0.15) is 22.0 Å². The lowest BCUT2D eigenvalue weighted by Crippen LogP contribution is -2.44. The molecule has 0 spiro atoms. The van der Waals surface area contributed by atoms with Crippen LogP contribution in [0.4, 0.5) is 22.0 Å². The normalized spacial score (nSPS) is 26.6. The highest BCUT2D eigenvalue weighted by atomic mass is 19.4. The number of halogens is 5. The van der Waals surface area contributed by atoms with E-state index in [0.717, 1.165) is 56.4 Å². The van der Waals surface area contributed by atoms with Crippen LogP contribution in [0.2, 0.25) is 0 Å². The van der Waals surface area contributed by atoms with Crippen LogP contribution in [0.25, 0.3) is 0 Å². The lowest BCUT2D eigenvalue weighted by Gasteiger charge is -2.49. The van der Waals surface area contributed by atoms with E-state index in [1.807, 2.05) is 0 Å². The molecule has 0 radical (unpaired) electrons. The van der Waals surface area contributed by atoms with Gasteiger partial charge in [0.2, 0.25) is 0 Å². The summed E-state index contributed by atoms with van der Waals surface area (Å²) in [5.74, 6) is -5.56. The number of benzene rings is 1. The van der Waals surface area contributed by atoms with Crippen LogP contribution in [0, 0.1) is 11.3 Å². The summed E-state index contributed by atoms with van der Waals surface area (Å²) in [5, 5.41) is 10.1. The molecular formula is C25H33F5O2. The molecule has 2 nitrogen and oxygen atoms in total. The van der Waals surface area contributed by atoms with Gasteiger partial charge >= 0.3 is 18.1 Å². The van der Waals surface area contributed by atoms with E-state index in [2.05, 4.69) is 6.92 Å². The van der Waals surface area contributed by atoms with Gasteiger partial charge in [-0.05, 0) is 61.8 Å². The molecule has 180 valence electrons. The van der Waals surface area contributed by atoms with Crippen molar-refractivity contribution in [3.63, 3.8) is 0 Å². The fourth-order valence-corrected chi connectivity index (χ4v) is 6.16. The molecule has 2 aliphatic rings. The Morgan fingerprint density at radius 1 is 0.969 bits per heavy atom. The molecule has 1 aromatic rings. The third-order valence-electron chi connectivity index (χ3n) is 8.15. The quantitative estimate of drug-likeness (QED) is 0.419. The van der Waals surface area contributed by atoms with Crippen molar-refractivity contribution < 1.29 is 31.9 Å². The minimum Gasteiger partial charge on any atom is -0.481 e. The third kappa shape index (κ3) is 4.54. The second-order valence-corrected chi connectivity index (χ2v) is 9.84. The Balaban J connectivity index is 1.81. The highest BCUT2D eigenvalue weighted by Gasteiger charge is 2.58. The van der Waals surface area contributed by atoms with Crippen molar-refractivity contribution in [2.75, 3.05) is 0 Å². The van der Waals surface area contributed by atoms with E-state index in [9.17, 15) is 31.9 Å². The van der Waals surface area contributed by atoms with Crippen molar-refractivity contribution >= 4 is 5.97 Å². The molecule has 2 saturated carbocycles. The van der Waals surface area contributed by atoms with Crippen LogP contribution in [0.1, 0.15) is 95.1 Å². The number of alkyl halides is 5. The summed E-state index contributed by atoms with van der Waals surface area (Å²) in [4.78, 5) is 12.3. The summed E-state index contributed by atoms with van der Waals surface area (Å²) in [7, 11) is 0. The van der Waals surface area contributed by atoms with Crippen LogP contribution in [0.5, 0.6) is 0 Å². The Hall–Kier alpha value is -1.66. The van der Waals surface area contributed by atoms with Gasteiger partial charge in [0.1, 0.15) is 0 Å². The summed E-state index contributed by atoms with van der Waals surface area (Å²) in [6, 6.07) is 3.75. The average molecular weight is 461 g/mol. The first-order valence-electron chi connectivity index (χ1n) is 11.8. The van der Waals surface area contributed by atoms with Crippen LogP contribution in [-0.2, 0) is 16.1 Å². The summed E-state index contributed by atoms with van der Waals surface area (Å²) in [5.41, 5.74) is -1.82. The largest absolute Gasteiger partial charge is 0.481 e. The Morgan fingerprint density at radius 2 is 1.53 bits per heavy atom. The van der Waals surface area contributed by atoms with Crippen LogP contribution in [0.15, 0.2) is 24.3 Å². The highest BCUT2D eigenvalue weighted by molar-refractivity contribution is 5.81. The third-order valence-corrected chi connectivity index (χ3v) is 8.15. The van der Waals surface area contributed by atoms with Crippen LogP contribution in [0.3, 0.4) is 0 Å². The van der Waals surface area contributed by atoms with Crippen molar-refractivity contribution in [2.24, 2.45) is 11.3 Å². The smallest absolute Gasteiger partial charge is 0.458 e. The number of carbonyl (C=O) groups is 1. The molecule has 0 bridgehead atoms. The maximum atomic E-state index is 13.7. The number of hydrogen-bond donors (Lipinski definition) is 1. The van der Waals surface area contributed by atoms with E-state index in [1.165, 1.54) is 32.1 Å². The van der Waals surface area contributed by atoms with Gasteiger partial charge in [0.05, 0.1) is 5.41 Å². The van der Waals surface area contributed by atoms with Gasteiger partial charge in [-0.3, -0.25) is 4.79 Å². The predicted molar refractivity (Wildman–Crippen MR) is 113 cm³/mol. The lowest BCUT2D eigenvalue weighted by molar-refractivity contribution is -0.289. The van der Waals surface area contributed by atoms with Crippen molar-refractivity contribution in [2.45, 2.75) is 101 Å². The minimum absolute atomic E-state index is 0.261. The first-order chi connectivity index (χ1) is 15.0. The standard InChI is InChI=1S/C25H33F5O2/c1-2-3-13-22(14-5-4-6-15-22)18-11-16-23(17-12-18,21(31)32)19-7-9-20(10-8-19)24(26,27)25(28,29)30/h7-10,18H,2-6,11-17H2,1H3,(H,31,32). The van der Waals surface area contributed by atoms with Gasteiger partial charge in [-0.25, -0.2) is 0 Å². The molecule has 7 heteroatoms. The molecule has 2 fully saturated rings. The van der Waals surface area contributed by atoms with Gasteiger partial charge in [-0.15, -0.1) is 0 Å². The first-order valence-corrected chi connectivity index (χ1v) is 11.8. The van der Waals surface area contributed by atoms with Crippen LogP contribution in [-0.4, -0.2) is 17.3 Å². The SMILES string of the molecule is CCCCC1(C2CCC(C(=O)O)(c3ccc(C(F)(F)C(F)(F)F)cc3)CC2)CCCCC1. The van der Waals surface area contributed by atoms with Crippen LogP contribution >= 0.6 is 0 Å². The average Bonchev–Trinajstić information content (AvgIpc) is 2.77. The Kier molecular flexibility index (Phi) is 7.26. The van der Waals surface area contributed by atoms with Crippen molar-refractivity contribution in [1.82, 2.24) is 0 Å². The van der Waals surface area contributed by atoms with Gasteiger partial charge < -0.3 is 5.11 Å². The molecule has 1 aromatic carbocycles. The van der Waals surface area contributed by atoms with Gasteiger partial charge in [0.25, 0.3) is 0 Å². The molecule has 2 aliphatic carbocycles. The number of aliphatic carboxylic acids is 1. The number of carboxylic acids is 1. The molecule has 0 amide bonds. The molecular weight excluding hydrogens is 427 g/mol. The lowest BCUT2D eigenvalue weighted by atomic mass is 9.55. The van der Waals surface area contributed by atoms with E-state index in [0.29, 0.717) is 24.3 Å². The maximum Gasteiger partial charge on any atom is 0.458 e. The first kappa shape index (κ1) is 25.0. The topological polar surface area (TPSA) is 37.3 Å². The van der Waals surface area contributed by atoms with Gasteiger partial charge in [-0.1, -0.05) is 63.3 Å². The number of hydrogen-bond acceptors (Lipinski definition) is 1. The number of carboxylic acid groups (broad SMARTS) is 1. The highest BCUT2D eigenvalue weighted by Crippen LogP contribution is 2.55. The van der Waals surface area contributed by atoms with E-state index >= 15 is 0 Å². The summed E-state index contributed by atoms with van der Waals surface area (Å²) in [6.45, 7) is 2.18. The molecule has 3 rings (SSSR count).